The quantitative estimate of drug-likeness (QED) is 0.409. The fraction of sp³-hybridized carbons (Fsp3) is 0.667. The maximum atomic E-state index is 12.6. The number of nitrogens with two attached hydrogens (primary N) is 1. The average molecular weight is 291 g/mol. The molecular formula is C12H20F3N5. The summed E-state index contributed by atoms with van der Waals surface area (Å²) in [7, 11) is 0. The van der Waals surface area contributed by atoms with Gasteiger partial charge in [-0.25, -0.2) is 15.8 Å². The largest absolute Gasteiger partial charge is 0.451 e. The molecule has 0 saturated carbocycles. The van der Waals surface area contributed by atoms with Crippen molar-refractivity contribution in [3.05, 3.63) is 11.9 Å². The van der Waals surface area contributed by atoms with Gasteiger partial charge in [0.25, 0.3) is 0 Å². The van der Waals surface area contributed by atoms with Crippen LogP contribution in [0.3, 0.4) is 0 Å². The number of hydrogen-bond donors (Lipinski definition) is 3. The summed E-state index contributed by atoms with van der Waals surface area (Å²) in [6, 6.07) is 1.34. The number of nitrogens with one attached hydrogen (secondary N) is 2. The number of nitrogen functional groups attached to an aromatic ring is 1. The number of unbranched alkanes of at least 4 members (excludes halogenated alkanes) is 1. The van der Waals surface area contributed by atoms with Crippen molar-refractivity contribution >= 4 is 11.6 Å². The van der Waals surface area contributed by atoms with Crippen molar-refractivity contribution in [2.75, 3.05) is 17.3 Å². The van der Waals surface area contributed by atoms with Gasteiger partial charge in [-0.15, -0.1) is 0 Å². The molecule has 0 radical (unpaired) electrons. The highest BCUT2D eigenvalue weighted by Crippen LogP contribution is 2.28. The summed E-state index contributed by atoms with van der Waals surface area (Å²) in [5, 5.41) is 2.86. The number of hydrazine groups is 1. The molecule has 5 nitrogen and oxygen atoms in total. The Kier molecular flexibility index (Phi) is 6.00. The minimum atomic E-state index is -4.60. The van der Waals surface area contributed by atoms with Gasteiger partial charge in [-0.1, -0.05) is 26.7 Å². The normalized spacial score (nSPS) is 11.8. The molecule has 20 heavy (non-hydrogen) atoms. The Labute approximate surface area is 116 Å². The van der Waals surface area contributed by atoms with Crippen LogP contribution in [0.5, 0.6) is 0 Å². The lowest BCUT2D eigenvalue weighted by Crippen LogP contribution is -2.17. The number of halogens is 3. The van der Waals surface area contributed by atoms with Gasteiger partial charge in [0.2, 0.25) is 5.82 Å². The molecule has 8 heteroatoms. The third-order valence-electron chi connectivity index (χ3n) is 2.64. The zero-order valence-electron chi connectivity index (χ0n) is 11.6. The Bertz CT molecular complexity index is 420. The van der Waals surface area contributed by atoms with Crippen molar-refractivity contribution in [3.63, 3.8) is 0 Å². The summed E-state index contributed by atoms with van der Waals surface area (Å²) in [6.45, 7) is 4.82. The summed E-state index contributed by atoms with van der Waals surface area (Å²) < 4.78 is 37.8. The van der Waals surface area contributed by atoms with Crippen molar-refractivity contribution in [2.24, 2.45) is 11.8 Å². The van der Waals surface area contributed by atoms with Crippen LogP contribution < -0.4 is 16.6 Å². The van der Waals surface area contributed by atoms with Crippen LogP contribution in [0.2, 0.25) is 0 Å². The molecule has 0 aliphatic carbocycles. The van der Waals surface area contributed by atoms with Gasteiger partial charge in [0, 0.05) is 12.6 Å². The Hall–Kier alpha value is -1.57. The first kappa shape index (κ1) is 16.5. The van der Waals surface area contributed by atoms with Crippen molar-refractivity contribution in [1.29, 1.82) is 0 Å². The van der Waals surface area contributed by atoms with E-state index in [2.05, 4.69) is 34.6 Å². The van der Waals surface area contributed by atoms with Gasteiger partial charge in [0.1, 0.15) is 11.6 Å². The van der Waals surface area contributed by atoms with Crippen LogP contribution in [0.1, 0.15) is 38.9 Å². The number of anilines is 2. The van der Waals surface area contributed by atoms with Crippen molar-refractivity contribution in [1.82, 2.24) is 9.97 Å². The molecule has 1 rings (SSSR count). The monoisotopic (exact) mass is 291 g/mol. The van der Waals surface area contributed by atoms with E-state index in [9.17, 15) is 13.2 Å². The average Bonchev–Trinajstić information content (AvgIpc) is 2.36. The molecule has 1 aromatic heterocycles. The number of rotatable bonds is 7. The molecule has 0 spiro atoms. The van der Waals surface area contributed by atoms with Crippen molar-refractivity contribution in [3.8, 4) is 0 Å². The Balaban J connectivity index is 2.61. The van der Waals surface area contributed by atoms with E-state index in [1.54, 1.807) is 0 Å². The van der Waals surface area contributed by atoms with E-state index in [1.807, 2.05) is 0 Å². The highest BCUT2D eigenvalue weighted by molar-refractivity contribution is 5.47. The third-order valence-corrected chi connectivity index (χ3v) is 2.64. The van der Waals surface area contributed by atoms with Crippen LogP contribution in [-0.2, 0) is 6.18 Å². The van der Waals surface area contributed by atoms with Crippen LogP contribution >= 0.6 is 0 Å². The Morgan fingerprint density at radius 2 is 1.85 bits per heavy atom. The molecule has 0 atom stereocenters. The highest BCUT2D eigenvalue weighted by Gasteiger charge is 2.35. The smallest absolute Gasteiger partial charge is 0.370 e. The zero-order chi connectivity index (χ0) is 15.2. The molecule has 1 aromatic rings. The first-order chi connectivity index (χ1) is 9.32. The fourth-order valence-electron chi connectivity index (χ4n) is 1.63. The highest BCUT2D eigenvalue weighted by atomic mass is 19.4. The predicted octanol–water partition coefficient (Wildman–Crippen LogP) is 3.02. The van der Waals surface area contributed by atoms with Gasteiger partial charge in [-0.05, 0) is 12.3 Å². The topological polar surface area (TPSA) is 75.9 Å². The summed E-state index contributed by atoms with van der Waals surface area (Å²) in [6.07, 6.45) is -1.62. The summed E-state index contributed by atoms with van der Waals surface area (Å²) in [5.41, 5.74) is 2.11. The SMILES string of the molecule is CC(C)CCCCNc1cc(NN)nc(C(F)(F)F)n1. The van der Waals surface area contributed by atoms with E-state index in [-0.39, 0.29) is 11.6 Å². The number of aromatic nitrogens is 2. The molecular weight excluding hydrogens is 271 g/mol. The molecule has 0 unspecified atom stereocenters. The maximum absolute atomic E-state index is 12.6. The summed E-state index contributed by atoms with van der Waals surface area (Å²) in [4.78, 5) is 6.72. The molecule has 0 fully saturated rings. The molecule has 1 heterocycles. The van der Waals surface area contributed by atoms with Gasteiger partial charge >= 0.3 is 6.18 Å². The van der Waals surface area contributed by atoms with Gasteiger partial charge in [-0.3, -0.25) is 0 Å². The molecule has 4 N–H and O–H groups in total. The standard InChI is InChI=1S/C12H20F3N5/c1-8(2)5-3-4-6-17-9-7-10(20-16)19-11(18-9)12(13,14)15/h7-8H,3-6,16H2,1-2H3,(H2,17,18,19,20). The third kappa shape index (κ3) is 5.60. The van der Waals surface area contributed by atoms with Gasteiger partial charge in [0.05, 0.1) is 0 Å². The van der Waals surface area contributed by atoms with E-state index in [1.165, 1.54) is 6.07 Å². The van der Waals surface area contributed by atoms with Gasteiger partial charge in [-0.2, -0.15) is 13.2 Å². The second-order valence-corrected chi connectivity index (χ2v) is 4.92. The van der Waals surface area contributed by atoms with Crippen molar-refractivity contribution in [2.45, 2.75) is 39.3 Å². The maximum Gasteiger partial charge on any atom is 0.451 e. The first-order valence-corrected chi connectivity index (χ1v) is 6.49. The lowest BCUT2D eigenvalue weighted by molar-refractivity contribution is -0.144. The Morgan fingerprint density at radius 1 is 1.20 bits per heavy atom. The zero-order valence-corrected chi connectivity index (χ0v) is 11.6. The van der Waals surface area contributed by atoms with Crippen LogP contribution in [0.15, 0.2) is 6.07 Å². The predicted molar refractivity (Wildman–Crippen MR) is 72.0 cm³/mol. The lowest BCUT2D eigenvalue weighted by Gasteiger charge is -2.11. The summed E-state index contributed by atoms with van der Waals surface area (Å²) in [5.74, 6) is 4.56. The van der Waals surface area contributed by atoms with Crippen molar-refractivity contribution < 1.29 is 13.2 Å². The molecule has 0 saturated heterocycles. The van der Waals surface area contributed by atoms with E-state index in [0.29, 0.717) is 12.5 Å². The number of alkyl halides is 3. The fourth-order valence-corrected chi connectivity index (χ4v) is 1.63. The van der Waals surface area contributed by atoms with Crippen LogP contribution in [0.25, 0.3) is 0 Å². The first-order valence-electron chi connectivity index (χ1n) is 6.49. The van der Waals surface area contributed by atoms with Gasteiger partial charge in [0.15, 0.2) is 0 Å². The van der Waals surface area contributed by atoms with E-state index in [4.69, 9.17) is 5.84 Å². The molecule has 0 amide bonds. The molecule has 114 valence electrons. The molecule has 0 bridgehead atoms. The molecule has 0 aliphatic heterocycles. The Morgan fingerprint density at radius 3 is 2.40 bits per heavy atom. The van der Waals surface area contributed by atoms with Crippen LogP contribution in [0.4, 0.5) is 24.8 Å². The summed E-state index contributed by atoms with van der Waals surface area (Å²) >= 11 is 0. The molecule has 0 aliphatic rings. The number of hydrogen-bond acceptors (Lipinski definition) is 5. The van der Waals surface area contributed by atoms with Crippen LogP contribution in [0, 0.1) is 5.92 Å². The van der Waals surface area contributed by atoms with Crippen LogP contribution in [-0.4, -0.2) is 16.5 Å². The number of nitrogens with zero attached hydrogens (tertiary/aromatic N) is 2. The second kappa shape index (κ2) is 7.28. The molecule has 0 aromatic carbocycles. The second-order valence-electron chi connectivity index (χ2n) is 4.92. The van der Waals surface area contributed by atoms with E-state index in [0.717, 1.165) is 19.3 Å². The lowest BCUT2D eigenvalue weighted by atomic mass is 10.1. The van der Waals surface area contributed by atoms with E-state index < -0.39 is 12.0 Å². The minimum Gasteiger partial charge on any atom is -0.370 e. The minimum absolute atomic E-state index is 0.0722. The van der Waals surface area contributed by atoms with E-state index >= 15 is 0 Å². The van der Waals surface area contributed by atoms with Gasteiger partial charge < -0.3 is 10.7 Å².